The molecule has 2 aromatic rings. The van der Waals surface area contributed by atoms with Crippen LogP contribution in [0.5, 0.6) is 5.75 Å². The lowest BCUT2D eigenvalue weighted by atomic mass is 10.2. The largest absolute Gasteiger partial charge is 0.483 e. The van der Waals surface area contributed by atoms with E-state index in [9.17, 15) is 9.59 Å². The SMILES string of the molecule is Cc1ccccc1OCC(=O)NNC(=S)NC(=O)/C=C/c1ccccc1. The minimum absolute atomic E-state index is 0.0167. The van der Waals surface area contributed by atoms with Crippen LogP contribution >= 0.6 is 12.2 Å². The van der Waals surface area contributed by atoms with Crippen LogP contribution in [0.4, 0.5) is 0 Å². The van der Waals surface area contributed by atoms with Crippen LogP contribution < -0.4 is 20.9 Å². The normalized spacial score (nSPS) is 10.2. The Hall–Kier alpha value is -3.19. The van der Waals surface area contributed by atoms with Crippen LogP contribution in [0, 0.1) is 6.92 Å². The zero-order valence-electron chi connectivity index (χ0n) is 14.2. The van der Waals surface area contributed by atoms with Gasteiger partial charge in [0, 0.05) is 6.08 Å². The number of thiocarbonyl (C=S) groups is 1. The Morgan fingerprint density at radius 3 is 2.46 bits per heavy atom. The molecule has 0 aromatic heterocycles. The molecule has 7 heteroatoms. The van der Waals surface area contributed by atoms with Crippen molar-refractivity contribution in [2.24, 2.45) is 0 Å². The minimum Gasteiger partial charge on any atom is -0.483 e. The van der Waals surface area contributed by atoms with E-state index in [1.165, 1.54) is 6.08 Å². The maximum atomic E-state index is 11.8. The van der Waals surface area contributed by atoms with Crippen LogP contribution in [-0.4, -0.2) is 23.5 Å². The van der Waals surface area contributed by atoms with Gasteiger partial charge in [0.25, 0.3) is 5.91 Å². The summed E-state index contributed by atoms with van der Waals surface area (Å²) in [6, 6.07) is 16.8. The predicted molar refractivity (Wildman–Crippen MR) is 104 cm³/mol. The van der Waals surface area contributed by atoms with Crippen LogP contribution in [0.25, 0.3) is 6.08 Å². The van der Waals surface area contributed by atoms with Crippen molar-refractivity contribution < 1.29 is 14.3 Å². The second-order valence-corrected chi connectivity index (χ2v) is 5.70. The molecule has 0 saturated heterocycles. The molecular weight excluding hydrogens is 350 g/mol. The van der Waals surface area contributed by atoms with E-state index < -0.39 is 11.8 Å². The third kappa shape index (κ3) is 6.74. The van der Waals surface area contributed by atoms with Gasteiger partial charge in [0.1, 0.15) is 5.75 Å². The van der Waals surface area contributed by atoms with Gasteiger partial charge in [0.2, 0.25) is 5.91 Å². The number of ether oxygens (including phenoxy) is 1. The highest BCUT2D eigenvalue weighted by Crippen LogP contribution is 2.15. The maximum absolute atomic E-state index is 11.8. The van der Waals surface area contributed by atoms with Crippen molar-refractivity contribution in [1.82, 2.24) is 16.2 Å². The Morgan fingerprint density at radius 1 is 1.04 bits per heavy atom. The maximum Gasteiger partial charge on any atom is 0.276 e. The van der Waals surface area contributed by atoms with Crippen molar-refractivity contribution >= 4 is 35.2 Å². The number of nitrogens with one attached hydrogen (secondary N) is 3. The quantitative estimate of drug-likeness (QED) is 0.427. The van der Waals surface area contributed by atoms with Crippen molar-refractivity contribution in [3.8, 4) is 5.75 Å². The fourth-order valence-electron chi connectivity index (χ4n) is 1.95. The Balaban J connectivity index is 1.69. The highest BCUT2D eigenvalue weighted by molar-refractivity contribution is 7.80. The second-order valence-electron chi connectivity index (χ2n) is 5.29. The Bertz CT molecular complexity index is 807. The van der Waals surface area contributed by atoms with Gasteiger partial charge in [-0.05, 0) is 42.4 Å². The number of carbonyl (C=O) groups excluding carboxylic acids is 2. The van der Waals surface area contributed by atoms with Crippen molar-refractivity contribution in [2.75, 3.05) is 6.61 Å². The van der Waals surface area contributed by atoms with E-state index in [1.54, 1.807) is 12.1 Å². The zero-order valence-corrected chi connectivity index (χ0v) is 15.0. The van der Waals surface area contributed by atoms with E-state index >= 15 is 0 Å². The van der Waals surface area contributed by atoms with E-state index in [1.807, 2.05) is 55.5 Å². The molecule has 0 aliphatic rings. The summed E-state index contributed by atoms with van der Waals surface area (Å²) in [5, 5.41) is 2.41. The van der Waals surface area contributed by atoms with E-state index in [-0.39, 0.29) is 11.7 Å². The smallest absolute Gasteiger partial charge is 0.276 e. The molecule has 0 bridgehead atoms. The molecular formula is C19H19N3O3S. The van der Waals surface area contributed by atoms with Gasteiger partial charge < -0.3 is 4.74 Å². The van der Waals surface area contributed by atoms with Crippen molar-refractivity contribution in [1.29, 1.82) is 0 Å². The number of para-hydroxylation sites is 1. The zero-order chi connectivity index (χ0) is 18.8. The van der Waals surface area contributed by atoms with E-state index in [2.05, 4.69) is 16.2 Å². The van der Waals surface area contributed by atoms with E-state index in [0.717, 1.165) is 11.1 Å². The van der Waals surface area contributed by atoms with Crippen LogP contribution in [0.2, 0.25) is 0 Å². The number of benzene rings is 2. The second kappa shape index (κ2) is 9.95. The summed E-state index contributed by atoms with van der Waals surface area (Å²) in [5.41, 5.74) is 6.63. The van der Waals surface area contributed by atoms with Crippen LogP contribution in [0.1, 0.15) is 11.1 Å². The van der Waals surface area contributed by atoms with Crippen molar-refractivity contribution in [3.63, 3.8) is 0 Å². The van der Waals surface area contributed by atoms with Gasteiger partial charge in [-0.1, -0.05) is 48.5 Å². The summed E-state index contributed by atoms with van der Waals surface area (Å²) in [6.45, 7) is 1.71. The Kier molecular flexibility index (Phi) is 7.32. The van der Waals surface area contributed by atoms with Gasteiger partial charge in [-0.2, -0.15) is 0 Å². The van der Waals surface area contributed by atoms with Crippen LogP contribution in [0.3, 0.4) is 0 Å². The first-order valence-electron chi connectivity index (χ1n) is 7.86. The van der Waals surface area contributed by atoms with Gasteiger partial charge in [0.05, 0.1) is 0 Å². The summed E-state index contributed by atoms with van der Waals surface area (Å²) in [5.74, 6) is -0.203. The number of hydrazine groups is 1. The van der Waals surface area contributed by atoms with Gasteiger partial charge >= 0.3 is 0 Å². The molecule has 0 aliphatic heterocycles. The summed E-state index contributed by atoms with van der Waals surface area (Å²) in [7, 11) is 0. The van der Waals surface area contributed by atoms with E-state index in [0.29, 0.717) is 5.75 Å². The molecule has 0 unspecified atom stereocenters. The standard InChI is InChI=1S/C19H19N3O3S/c1-14-7-5-6-10-16(14)25-13-18(24)21-22-19(26)20-17(23)12-11-15-8-3-2-4-9-15/h2-12H,13H2,1H3,(H,21,24)(H2,20,22,23,26)/b12-11+. The third-order valence-corrected chi connectivity index (χ3v) is 3.44. The number of carbonyl (C=O) groups is 2. The molecule has 0 atom stereocenters. The first-order chi connectivity index (χ1) is 12.5. The molecule has 0 saturated carbocycles. The molecule has 6 nitrogen and oxygen atoms in total. The summed E-state index contributed by atoms with van der Waals surface area (Å²) in [4.78, 5) is 23.5. The lowest BCUT2D eigenvalue weighted by Crippen LogP contribution is -2.49. The number of amides is 2. The van der Waals surface area contributed by atoms with E-state index in [4.69, 9.17) is 17.0 Å². The lowest BCUT2D eigenvalue weighted by molar-refractivity contribution is -0.123. The molecule has 0 fully saturated rings. The average Bonchev–Trinajstić information content (AvgIpc) is 2.65. The molecule has 134 valence electrons. The van der Waals surface area contributed by atoms with Crippen molar-refractivity contribution in [2.45, 2.75) is 6.92 Å². The lowest BCUT2D eigenvalue weighted by Gasteiger charge is -2.11. The number of aryl methyl sites for hydroxylation is 1. The molecule has 2 aromatic carbocycles. The fraction of sp³-hybridized carbons (Fsp3) is 0.105. The summed E-state index contributed by atoms with van der Waals surface area (Å²) >= 11 is 4.95. The highest BCUT2D eigenvalue weighted by atomic mass is 32.1. The molecule has 0 radical (unpaired) electrons. The predicted octanol–water partition coefficient (Wildman–Crippen LogP) is 2.11. The molecule has 3 N–H and O–H groups in total. The first kappa shape index (κ1) is 19.1. The highest BCUT2D eigenvalue weighted by Gasteiger charge is 2.06. The van der Waals surface area contributed by atoms with Crippen LogP contribution in [0.15, 0.2) is 60.7 Å². The van der Waals surface area contributed by atoms with Gasteiger partial charge in [-0.3, -0.25) is 25.8 Å². The first-order valence-corrected chi connectivity index (χ1v) is 8.27. The Labute approximate surface area is 157 Å². The molecule has 2 rings (SSSR count). The number of rotatable bonds is 5. The topological polar surface area (TPSA) is 79.5 Å². The number of hydrogen-bond acceptors (Lipinski definition) is 4. The summed E-state index contributed by atoms with van der Waals surface area (Å²) in [6.07, 6.45) is 3.01. The van der Waals surface area contributed by atoms with Gasteiger partial charge in [-0.15, -0.1) is 0 Å². The monoisotopic (exact) mass is 369 g/mol. The molecule has 0 spiro atoms. The Morgan fingerprint density at radius 2 is 1.73 bits per heavy atom. The average molecular weight is 369 g/mol. The third-order valence-electron chi connectivity index (χ3n) is 3.23. The van der Waals surface area contributed by atoms with Crippen LogP contribution in [-0.2, 0) is 9.59 Å². The summed E-state index contributed by atoms with van der Waals surface area (Å²) < 4.78 is 5.41. The fourth-order valence-corrected chi connectivity index (χ4v) is 2.10. The number of hydrogen-bond donors (Lipinski definition) is 3. The molecule has 0 aliphatic carbocycles. The van der Waals surface area contributed by atoms with Crippen molar-refractivity contribution in [3.05, 3.63) is 71.8 Å². The minimum atomic E-state index is -0.426. The molecule has 0 heterocycles. The molecule has 26 heavy (non-hydrogen) atoms. The van der Waals surface area contributed by atoms with Gasteiger partial charge in [0.15, 0.2) is 11.7 Å². The molecule has 2 amide bonds. The van der Waals surface area contributed by atoms with Gasteiger partial charge in [-0.25, -0.2) is 0 Å².